The molecule has 0 rings (SSSR count). The quantitative estimate of drug-likeness (QED) is 0.380. The van der Waals surface area contributed by atoms with E-state index >= 15 is 0 Å². The minimum atomic E-state index is -5.12. The van der Waals surface area contributed by atoms with Gasteiger partial charge in [0, 0.05) is 0 Å². The third kappa shape index (κ3) is 2.79. The van der Waals surface area contributed by atoms with Gasteiger partial charge in [0.25, 0.3) is 0 Å². The minimum absolute atomic E-state index is 0. The zero-order valence-electron chi connectivity index (χ0n) is 6.24. The van der Waals surface area contributed by atoms with Crippen LogP contribution in [0, 0.1) is 0 Å². The average Bonchev–Trinajstić information content (AvgIpc) is 1.87. The maximum atomic E-state index is 12.0. The van der Waals surface area contributed by atoms with Crippen molar-refractivity contribution >= 4 is 17.7 Å². The van der Waals surface area contributed by atoms with E-state index < -0.39 is 28.9 Å². The van der Waals surface area contributed by atoms with E-state index in [4.69, 9.17) is 0 Å². The molecular weight excluding hydrogens is 211 g/mol. The molecular formula is C4H3F4NaO2S. The maximum absolute atomic E-state index is 12.0. The number of alkyl halides is 4. The first-order chi connectivity index (χ1) is 4.75. The smallest absolute Gasteiger partial charge is 0.544 e. The van der Waals surface area contributed by atoms with E-state index in [1.807, 2.05) is 0 Å². The van der Waals surface area contributed by atoms with Crippen LogP contribution in [0.1, 0.15) is 0 Å². The summed E-state index contributed by atoms with van der Waals surface area (Å²) < 4.78 is 47.7. The number of carboxylic acid groups (broad SMARTS) is 1. The molecule has 0 saturated carbocycles. The van der Waals surface area contributed by atoms with Crippen molar-refractivity contribution in [3.8, 4) is 0 Å². The normalized spacial score (nSPS) is 12.1. The average molecular weight is 214 g/mol. The van der Waals surface area contributed by atoms with Crippen LogP contribution in [0.5, 0.6) is 0 Å². The molecule has 0 spiro atoms. The second-order valence-electron chi connectivity index (χ2n) is 1.58. The summed E-state index contributed by atoms with van der Waals surface area (Å²) in [7, 11) is 0. The first-order valence-electron chi connectivity index (χ1n) is 2.28. The van der Waals surface area contributed by atoms with E-state index in [1.54, 1.807) is 0 Å². The Bertz CT molecular complexity index is 174. The SMILES string of the molecule is CSC(F)(F)C(F)(F)C(=O)[O-].[Na+]. The fourth-order valence-corrected chi connectivity index (χ4v) is 0.587. The molecule has 2 nitrogen and oxygen atoms in total. The first-order valence-corrected chi connectivity index (χ1v) is 3.50. The predicted octanol–water partition coefficient (Wildman–Crippen LogP) is -2.67. The van der Waals surface area contributed by atoms with Gasteiger partial charge in [-0.3, -0.25) is 0 Å². The summed E-state index contributed by atoms with van der Waals surface area (Å²) in [4.78, 5) is 9.47. The van der Waals surface area contributed by atoms with Gasteiger partial charge in [-0.15, -0.1) is 0 Å². The number of thioether (sulfide) groups is 1. The number of aliphatic carboxylic acids is 1. The van der Waals surface area contributed by atoms with Crippen molar-refractivity contribution in [2.75, 3.05) is 6.26 Å². The molecule has 66 valence electrons. The molecule has 0 aliphatic heterocycles. The van der Waals surface area contributed by atoms with Gasteiger partial charge in [0.2, 0.25) is 0 Å². The van der Waals surface area contributed by atoms with E-state index in [1.165, 1.54) is 0 Å². The topological polar surface area (TPSA) is 40.1 Å². The fourth-order valence-electron chi connectivity index (χ4n) is 0.247. The summed E-state index contributed by atoms with van der Waals surface area (Å²) in [5.41, 5.74) is 0. The van der Waals surface area contributed by atoms with Gasteiger partial charge in [0.05, 0.1) is 0 Å². The van der Waals surface area contributed by atoms with Crippen LogP contribution in [0.25, 0.3) is 0 Å². The van der Waals surface area contributed by atoms with Crippen molar-refractivity contribution in [3.63, 3.8) is 0 Å². The number of carbonyl (C=O) groups is 1. The fraction of sp³-hybridized carbons (Fsp3) is 0.750. The minimum Gasteiger partial charge on any atom is -0.544 e. The molecule has 0 aliphatic carbocycles. The number of halogens is 4. The molecule has 12 heavy (non-hydrogen) atoms. The first kappa shape index (κ1) is 15.0. The molecule has 0 amide bonds. The van der Waals surface area contributed by atoms with Crippen LogP contribution in [-0.4, -0.2) is 23.4 Å². The van der Waals surface area contributed by atoms with Crippen molar-refractivity contribution in [2.24, 2.45) is 0 Å². The van der Waals surface area contributed by atoms with E-state index in [0.717, 1.165) is 0 Å². The molecule has 0 saturated heterocycles. The van der Waals surface area contributed by atoms with Gasteiger partial charge < -0.3 is 9.90 Å². The maximum Gasteiger partial charge on any atom is 1.00 e. The molecule has 0 N–H and O–H groups in total. The summed E-state index contributed by atoms with van der Waals surface area (Å²) in [6, 6.07) is 0. The zero-order chi connectivity index (χ0) is 9.28. The molecule has 0 aliphatic rings. The Balaban J connectivity index is 0. The summed E-state index contributed by atoms with van der Waals surface area (Å²) in [5, 5.41) is 4.85. The van der Waals surface area contributed by atoms with Crippen molar-refractivity contribution in [1.29, 1.82) is 0 Å². The molecule has 0 atom stereocenters. The Morgan fingerprint density at radius 2 is 1.67 bits per heavy atom. The summed E-state index contributed by atoms with van der Waals surface area (Å²) in [5.74, 6) is -8.19. The third-order valence-corrected chi connectivity index (χ3v) is 1.65. The van der Waals surface area contributed by atoms with E-state index in [2.05, 4.69) is 0 Å². The van der Waals surface area contributed by atoms with Gasteiger partial charge in [0.1, 0.15) is 5.97 Å². The summed E-state index contributed by atoms with van der Waals surface area (Å²) in [6.45, 7) is 0. The van der Waals surface area contributed by atoms with Gasteiger partial charge in [-0.05, 0) is 6.26 Å². The van der Waals surface area contributed by atoms with E-state index in [9.17, 15) is 27.5 Å². The van der Waals surface area contributed by atoms with Gasteiger partial charge in [0.15, 0.2) is 0 Å². The van der Waals surface area contributed by atoms with Crippen molar-refractivity contribution in [2.45, 2.75) is 11.2 Å². The van der Waals surface area contributed by atoms with Gasteiger partial charge in [-0.1, -0.05) is 11.8 Å². The number of hydrogen-bond donors (Lipinski definition) is 0. The molecule has 0 aromatic rings. The Morgan fingerprint density at radius 1 is 1.33 bits per heavy atom. The molecule has 0 aromatic carbocycles. The Labute approximate surface area is 92.0 Å². The third-order valence-electron chi connectivity index (χ3n) is 0.878. The Kier molecular flexibility index (Phi) is 5.87. The zero-order valence-corrected chi connectivity index (χ0v) is 9.05. The van der Waals surface area contributed by atoms with Crippen LogP contribution in [-0.2, 0) is 4.79 Å². The second kappa shape index (κ2) is 4.69. The predicted molar refractivity (Wildman–Crippen MR) is 28.4 cm³/mol. The molecule has 0 bridgehead atoms. The summed E-state index contributed by atoms with van der Waals surface area (Å²) in [6.07, 6.45) is 0.677. The molecule has 8 heteroatoms. The summed E-state index contributed by atoms with van der Waals surface area (Å²) >= 11 is -0.542. The van der Waals surface area contributed by atoms with Gasteiger partial charge in [-0.2, -0.15) is 17.6 Å². The molecule has 0 fully saturated rings. The number of carbonyl (C=O) groups excluding carboxylic acids is 1. The van der Waals surface area contributed by atoms with Gasteiger partial charge in [-0.25, -0.2) is 0 Å². The monoisotopic (exact) mass is 214 g/mol. The molecule has 0 heterocycles. The van der Waals surface area contributed by atoms with Crippen LogP contribution in [0.3, 0.4) is 0 Å². The van der Waals surface area contributed by atoms with Crippen LogP contribution in [0.4, 0.5) is 17.6 Å². The second-order valence-corrected chi connectivity index (χ2v) is 2.50. The number of carboxylic acids is 1. The molecule has 0 radical (unpaired) electrons. The number of hydrogen-bond acceptors (Lipinski definition) is 3. The van der Waals surface area contributed by atoms with E-state index in [0.29, 0.717) is 6.26 Å². The molecule has 0 unspecified atom stereocenters. The van der Waals surface area contributed by atoms with Crippen LogP contribution < -0.4 is 34.7 Å². The Morgan fingerprint density at radius 3 is 1.75 bits per heavy atom. The van der Waals surface area contributed by atoms with E-state index in [-0.39, 0.29) is 29.6 Å². The van der Waals surface area contributed by atoms with Gasteiger partial charge >= 0.3 is 40.7 Å². The van der Waals surface area contributed by atoms with Crippen molar-refractivity contribution < 1.29 is 57.0 Å². The van der Waals surface area contributed by atoms with Crippen LogP contribution >= 0.6 is 11.8 Å². The van der Waals surface area contributed by atoms with Crippen LogP contribution in [0.2, 0.25) is 0 Å². The van der Waals surface area contributed by atoms with Crippen molar-refractivity contribution in [1.82, 2.24) is 0 Å². The largest absolute Gasteiger partial charge is 1.00 e. The van der Waals surface area contributed by atoms with Crippen molar-refractivity contribution in [3.05, 3.63) is 0 Å². The standard InChI is InChI=1S/C4H4F4O2S.Na/c1-11-4(7,8)3(5,6)2(9)10;/h1H3,(H,9,10);/q;+1/p-1. The van der Waals surface area contributed by atoms with Crippen LogP contribution in [0.15, 0.2) is 0 Å². The molecule has 0 aromatic heterocycles. The number of rotatable bonds is 3. The Hall–Kier alpha value is 0.540.